The van der Waals surface area contributed by atoms with Crippen LogP contribution in [0.15, 0.2) is 24.9 Å². The molecule has 0 spiro atoms. The summed E-state index contributed by atoms with van der Waals surface area (Å²) >= 11 is 0. The predicted octanol–water partition coefficient (Wildman–Crippen LogP) is 0.207. The fourth-order valence-corrected chi connectivity index (χ4v) is 0.881. The van der Waals surface area contributed by atoms with Gasteiger partial charge >= 0.3 is 0 Å². The van der Waals surface area contributed by atoms with Crippen LogP contribution in [0.1, 0.15) is 5.82 Å². The van der Waals surface area contributed by atoms with Crippen molar-refractivity contribution in [1.82, 2.24) is 25.1 Å². The number of nitrogens with one attached hydrogen (secondary N) is 2. The van der Waals surface area contributed by atoms with Crippen molar-refractivity contribution in [1.29, 1.82) is 0 Å². The van der Waals surface area contributed by atoms with Gasteiger partial charge in [0.15, 0.2) is 0 Å². The SMILES string of the molecule is c1cnc(NCc2ncn[nH]2)cn1. The number of hydrogen-bond donors (Lipinski definition) is 2. The molecule has 6 heteroatoms. The molecule has 0 bridgehead atoms. The minimum atomic E-state index is 0.568. The van der Waals surface area contributed by atoms with Gasteiger partial charge in [-0.3, -0.25) is 10.1 Å². The molecule has 13 heavy (non-hydrogen) atoms. The van der Waals surface area contributed by atoms with Crippen molar-refractivity contribution < 1.29 is 0 Å². The number of H-pyrrole nitrogens is 1. The Balaban J connectivity index is 1.94. The van der Waals surface area contributed by atoms with Gasteiger partial charge in [-0.25, -0.2) is 9.97 Å². The van der Waals surface area contributed by atoms with E-state index >= 15 is 0 Å². The summed E-state index contributed by atoms with van der Waals surface area (Å²) in [6.45, 7) is 0.568. The van der Waals surface area contributed by atoms with Crippen molar-refractivity contribution in [3.8, 4) is 0 Å². The minimum Gasteiger partial charge on any atom is -0.362 e. The molecule has 0 saturated carbocycles. The predicted molar refractivity (Wildman–Crippen MR) is 45.7 cm³/mol. The molecule has 0 radical (unpaired) electrons. The third-order valence-electron chi connectivity index (χ3n) is 1.47. The maximum Gasteiger partial charge on any atom is 0.144 e. The molecule has 0 aliphatic carbocycles. The van der Waals surface area contributed by atoms with E-state index in [2.05, 4.69) is 30.5 Å². The van der Waals surface area contributed by atoms with Gasteiger partial charge in [0.05, 0.1) is 12.7 Å². The van der Waals surface area contributed by atoms with E-state index in [9.17, 15) is 0 Å². The molecule has 0 fully saturated rings. The van der Waals surface area contributed by atoms with Crippen LogP contribution in [0.5, 0.6) is 0 Å². The fourth-order valence-electron chi connectivity index (χ4n) is 0.881. The lowest BCUT2D eigenvalue weighted by Gasteiger charge is -2.00. The first kappa shape index (κ1) is 7.66. The average Bonchev–Trinajstić information content (AvgIpc) is 2.69. The van der Waals surface area contributed by atoms with E-state index in [1.807, 2.05) is 0 Å². The number of nitrogens with zero attached hydrogens (tertiary/aromatic N) is 4. The lowest BCUT2D eigenvalue weighted by Crippen LogP contribution is -2.02. The fraction of sp³-hybridized carbons (Fsp3) is 0.143. The third kappa shape index (κ3) is 1.98. The summed E-state index contributed by atoms with van der Waals surface area (Å²) in [5, 5.41) is 9.50. The van der Waals surface area contributed by atoms with Gasteiger partial charge in [0.2, 0.25) is 0 Å². The Hall–Kier alpha value is -1.98. The monoisotopic (exact) mass is 176 g/mol. The first-order chi connectivity index (χ1) is 6.45. The average molecular weight is 176 g/mol. The highest BCUT2D eigenvalue weighted by Gasteiger charge is 1.95. The molecule has 0 aromatic carbocycles. The molecular formula is C7H8N6. The second-order valence-electron chi connectivity index (χ2n) is 2.38. The van der Waals surface area contributed by atoms with Gasteiger partial charge < -0.3 is 5.32 Å². The summed E-state index contributed by atoms with van der Waals surface area (Å²) in [5.74, 6) is 1.49. The Morgan fingerprint density at radius 2 is 2.31 bits per heavy atom. The molecule has 6 nitrogen and oxygen atoms in total. The summed E-state index contributed by atoms with van der Waals surface area (Å²) in [6.07, 6.45) is 6.37. The van der Waals surface area contributed by atoms with Crippen LogP contribution in [0.2, 0.25) is 0 Å². The number of rotatable bonds is 3. The van der Waals surface area contributed by atoms with Gasteiger partial charge in [-0.05, 0) is 0 Å². The molecule has 66 valence electrons. The summed E-state index contributed by atoms with van der Waals surface area (Å²) < 4.78 is 0. The Morgan fingerprint density at radius 3 is 3.00 bits per heavy atom. The number of hydrogen-bond acceptors (Lipinski definition) is 5. The van der Waals surface area contributed by atoms with Gasteiger partial charge in [-0.1, -0.05) is 0 Å². The zero-order valence-electron chi connectivity index (χ0n) is 6.81. The summed E-state index contributed by atoms with van der Waals surface area (Å²) in [7, 11) is 0. The van der Waals surface area contributed by atoms with Gasteiger partial charge in [-0.2, -0.15) is 5.10 Å². The van der Waals surface area contributed by atoms with E-state index in [4.69, 9.17) is 0 Å². The van der Waals surface area contributed by atoms with Crippen molar-refractivity contribution in [2.45, 2.75) is 6.54 Å². The molecule has 2 rings (SSSR count). The molecule has 0 aliphatic rings. The lowest BCUT2D eigenvalue weighted by molar-refractivity contribution is 0.944. The van der Waals surface area contributed by atoms with Crippen LogP contribution in [0.25, 0.3) is 0 Å². The van der Waals surface area contributed by atoms with E-state index in [0.29, 0.717) is 6.54 Å². The molecule has 0 saturated heterocycles. The van der Waals surface area contributed by atoms with E-state index in [-0.39, 0.29) is 0 Å². The maximum atomic E-state index is 4.04. The van der Waals surface area contributed by atoms with Crippen molar-refractivity contribution >= 4 is 5.82 Å². The Labute approximate surface area is 74.5 Å². The molecule has 0 amide bonds. The number of aromatic amines is 1. The quantitative estimate of drug-likeness (QED) is 0.698. The zero-order chi connectivity index (χ0) is 8.93. The molecule has 0 aliphatic heterocycles. The second kappa shape index (κ2) is 3.61. The van der Waals surface area contributed by atoms with Gasteiger partial charge in [0, 0.05) is 12.4 Å². The first-order valence-corrected chi connectivity index (χ1v) is 3.79. The maximum absolute atomic E-state index is 4.04. The Kier molecular flexibility index (Phi) is 2.13. The highest BCUT2D eigenvalue weighted by Crippen LogP contribution is 1.98. The minimum absolute atomic E-state index is 0.568. The summed E-state index contributed by atoms with van der Waals surface area (Å²) in [4.78, 5) is 11.9. The standard InChI is InChI=1S/C7H8N6/c1-2-9-6(3-8-1)10-4-7-11-5-12-13-7/h1-3,5H,4H2,(H,9,10)(H,11,12,13). The number of aromatic nitrogens is 5. The van der Waals surface area contributed by atoms with Crippen LogP contribution in [-0.2, 0) is 6.54 Å². The second-order valence-corrected chi connectivity index (χ2v) is 2.38. The van der Waals surface area contributed by atoms with Gasteiger partial charge in [-0.15, -0.1) is 0 Å². The summed E-state index contributed by atoms with van der Waals surface area (Å²) in [5.41, 5.74) is 0. The lowest BCUT2D eigenvalue weighted by atomic mass is 10.5. The normalized spacial score (nSPS) is 9.85. The molecule has 2 aromatic heterocycles. The summed E-state index contributed by atoms with van der Waals surface area (Å²) in [6, 6.07) is 0. The van der Waals surface area contributed by atoms with Gasteiger partial charge in [0.25, 0.3) is 0 Å². The van der Waals surface area contributed by atoms with Gasteiger partial charge in [0.1, 0.15) is 18.0 Å². The molecule has 2 aromatic rings. The Morgan fingerprint density at radius 1 is 1.31 bits per heavy atom. The smallest absolute Gasteiger partial charge is 0.144 e. The van der Waals surface area contributed by atoms with Crippen LogP contribution < -0.4 is 5.32 Å². The van der Waals surface area contributed by atoms with Crippen molar-refractivity contribution in [2.24, 2.45) is 0 Å². The third-order valence-corrected chi connectivity index (χ3v) is 1.47. The molecule has 2 heterocycles. The van der Waals surface area contributed by atoms with Crippen LogP contribution in [0.3, 0.4) is 0 Å². The van der Waals surface area contributed by atoms with E-state index in [1.165, 1.54) is 6.33 Å². The molecule has 2 N–H and O–H groups in total. The zero-order valence-corrected chi connectivity index (χ0v) is 6.81. The van der Waals surface area contributed by atoms with E-state index in [0.717, 1.165) is 11.6 Å². The highest BCUT2D eigenvalue weighted by atomic mass is 15.2. The largest absolute Gasteiger partial charge is 0.362 e. The van der Waals surface area contributed by atoms with Crippen LogP contribution in [-0.4, -0.2) is 25.1 Å². The molecule has 0 atom stereocenters. The van der Waals surface area contributed by atoms with E-state index < -0.39 is 0 Å². The van der Waals surface area contributed by atoms with Crippen molar-refractivity contribution in [2.75, 3.05) is 5.32 Å². The number of anilines is 1. The van der Waals surface area contributed by atoms with Crippen molar-refractivity contribution in [3.63, 3.8) is 0 Å². The van der Waals surface area contributed by atoms with Crippen LogP contribution >= 0.6 is 0 Å². The first-order valence-electron chi connectivity index (χ1n) is 3.79. The van der Waals surface area contributed by atoms with Crippen LogP contribution in [0.4, 0.5) is 5.82 Å². The topological polar surface area (TPSA) is 79.4 Å². The highest BCUT2D eigenvalue weighted by molar-refractivity contribution is 5.29. The van der Waals surface area contributed by atoms with E-state index in [1.54, 1.807) is 18.6 Å². The molecule has 0 unspecified atom stereocenters. The van der Waals surface area contributed by atoms with Crippen LogP contribution in [0, 0.1) is 0 Å². The Bertz CT molecular complexity index is 342. The molecular weight excluding hydrogens is 168 g/mol. The van der Waals surface area contributed by atoms with Crippen molar-refractivity contribution in [3.05, 3.63) is 30.7 Å².